The number of sulfone groups is 1. The van der Waals surface area contributed by atoms with Crippen LogP contribution in [0.5, 0.6) is 0 Å². The van der Waals surface area contributed by atoms with Gasteiger partial charge in [0.1, 0.15) is 0 Å². The summed E-state index contributed by atoms with van der Waals surface area (Å²) in [7, 11) is -4.13. The van der Waals surface area contributed by atoms with Crippen LogP contribution in [0.25, 0.3) is 0 Å². The van der Waals surface area contributed by atoms with E-state index >= 15 is 0 Å². The van der Waals surface area contributed by atoms with Crippen molar-refractivity contribution >= 4 is 21.0 Å². The maximum absolute atomic E-state index is 13.3. The third-order valence-corrected chi connectivity index (χ3v) is 8.33. The second-order valence-corrected chi connectivity index (χ2v) is 10.8. The Morgan fingerprint density at radius 1 is 0.970 bits per heavy atom. The zero-order valence-corrected chi connectivity index (χ0v) is 19.5. The molecule has 0 aromatic heterocycles. The molecule has 2 aliphatic rings. The van der Waals surface area contributed by atoms with Gasteiger partial charge in [-0.15, -0.1) is 0 Å². The highest BCUT2D eigenvalue weighted by atomic mass is 32.2. The number of hydrogen-bond donors (Lipinski definition) is 1. The number of amides is 2. The van der Waals surface area contributed by atoms with Crippen molar-refractivity contribution < 1.29 is 18.0 Å². The lowest BCUT2D eigenvalue weighted by molar-refractivity contribution is -0.138. The minimum absolute atomic E-state index is 0.125. The fourth-order valence-corrected chi connectivity index (χ4v) is 5.55. The quantitative estimate of drug-likeness (QED) is 0.673. The lowest BCUT2D eigenvalue weighted by atomic mass is 9.77. The minimum atomic E-state index is -4.13. The molecule has 2 saturated heterocycles. The number of primary amides is 1. The van der Waals surface area contributed by atoms with Crippen LogP contribution in [0, 0.1) is 11.8 Å². The van der Waals surface area contributed by atoms with Gasteiger partial charge >= 0.3 is 5.24 Å². The van der Waals surface area contributed by atoms with E-state index in [-0.39, 0.29) is 16.2 Å². The molecule has 33 heavy (non-hydrogen) atoms. The van der Waals surface area contributed by atoms with Crippen LogP contribution < -0.4 is 5.73 Å². The van der Waals surface area contributed by atoms with Crippen LogP contribution in [0.15, 0.2) is 59.5 Å². The van der Waals surface area contributed by atoms with Gasteiger partial charge in [-0.1, -0.05) is 42.5 Å². The zero-order chi connectivity index (χ0) is 23.5. The highest BCUT2D eigenvalue weighted by Gasteiger charge is 2.47. The maximum atomic E-state index is 13.3. The van der Waals surface area contributed by atoms with E-state index in [0.29, 0.717) is 13.1 Å². The molecule has 0 aliphatic carbocycles. The molecule has 0 atom stereocenters. The first-order valence-corrected chi connectivity index (χ1v) is 12.8. The average molecular weight is 469 g/mol. The monoisotopic (exact) mass is 468 g/mol. The van der Waals surface area contributed by atoms with Gasteiger partial charge in [0.25, 0.3) is 9.84 Å². The van der Waals surface area contributed by atoms with Crippen molar-refractivity contribution in [2.75, 3.05) is 26.2 Å². The number of nitrogens with two attached hydrogens (primary N) is 1. The number of hydrogen-bond acceptors (Lipinski definition) is 5. The van der Waals surface area contributed by atoms with Gasteiger partial charge in [0.2, 0.25) is 5.91 Å². The molecule has 2 aliphatic heterocycles. The van der Waals surface area contributed by atoms with Crippen molar-refractivity contribution in [3.8, 4) is 0 Å². The van der Waals surface area contributed by atoms with Crippen LogP contribution in [-0.2, 0) is 21.2 Å². The summed E-state index contributed by atoms with van der Waals surface area (Å²) in [6.07, 6.45) is 5.88. The van der Waals surface area contributed by atoms with Crippen LogP contribution >= 0.6 is 0 Å². The normalized spacial score (nSPS) is 18.7. The summed E-state index contributed by atoms with van der Waals surface area (Å²) >= 11 is 0. The van der Waals surface area contributed by atoms with Crippen LogP contribution in [0.1, 0.15) is 36.8 Å². The van der Waals surface area contributed by atoms with E-state index in [1.165, 1.54) is 17.7 Å². The number of piperidine rings is 1. The smallest absolute Gasteiger partial charge is 0.338 e. The predicted molar refractivity (Wildman–Crippen MR) is 126 cm³/mol. The topological polar surface area (TPSA) is 101 Å². The number of carbonyl (C=O) groups excluding carboxylic acids is 2. The summed E-state index contributed by atoms with van der Waals surface area (Å²) in [6, 6.07) is 16.4. The minimum Gasteiger partial charge on any atom is -0.356 e. The van der Waals surface area contributed by atoms with Gasteiger partial charge in [-0.05, 0) is 75.0 Å². The molecular weight excluding hydrogens is 438 g/mol. The van der Waals surface area contributed by atoms with Gasteiger partial charge in [-0.25, -0.2) is 8.42 Å². The number of benzene rings is 2. The van der Waals surface area contributed by atoms with Gasteiger partial charge in [-0.2, -0.15) is 0 Å². The average Bonchev–Trinajstić information content (AvgIpc) is 3.11. The van der Waals surface area contributed by atoms with E-state index in [2.05, 4.69) is 23.5 Å². The van der Waals surface area contributed by atoms with Crippen molar-refractivity contribution in [1.82, 2.24) is 9.80 Å². The van der Waals surface area contributed by atoms with E-state index in [0.717, 1.165) is 50.9 Å². The Labute approximate surface area is 195 Å². The number of rotatable bonds is 7. The summed E-state index contributed by atoms with van der Waals surface area (Å²) in [5.41, 5.74) is 6.75. The van der Waals surface area contributed by atoms with E-state index in [9.17, 15) is 18.0 Å². The lowest BCUT2D eigenvalue weighted by Gasteiger charge is -2.38. The van der Waals surface area contributed by atoms with Crippen molar-refractivity contribution in [2.24, 2.45) is 11.1 Å². The fraction of sp³-hybridized carbons (Fsp3) is 0.400. The molecule has 2 aromatic carbocycles. The summed E-state index contributed by atoms with van der Waals surface area (Å²) < 4.78 is 23.7. The third-order valence-electron chi connectivity index (χ3n) is 6.91. The molecule has 4 rings (SSSR count). The van der Waals surface area contributed by atoms with E-state index in [1.54, 1.807) is 12.1 Å². The first kappa shape index (κ1) is 23.4. The summed E-state index contributed by atoms with van der Waals surface area (Å²) in [6.45, 7) is 4.02. The van der Waals surface area contributed by atoms with Gasteiger partial charge in [0.05, 0.1) is 10.3 Å². The van der Waals surface area contributed by atoms with E-state index in [1.807, 2.05) is 23.1 Å². The summed E-state index contributed by atoms with van der Waals surface area (Å²) in [5, 5.41) is -1.36. The molecular formula is C25H30N3O4S. The van der Waals surface area contributed by atoms with Crippen molar-refractivity contribution in [2.45, 2.75) is 37.1 Å². The van der Waals surface area contributed by atoms with Gasteiger partial charge in [0, 0.05) is 13.1 Å². The van der Waals surface area contributed by atoms with Crippen LogP contribution in [0.4, 0.5) is 4.79 Å². The largest absolute Gasteiger partial charge is 0.356 e. The molecule has 0 saturated carbocycles. The van der Waals surface area contributed by atoms with Crippen molar-refractivity contribution in [3.63, 3.8) is 0 Å². The maximum Gasteiger partial charge on any atom is 0.338 e. The molecule has 2 N–H and O–H groups in total. The Morgan fingerprint density at radius 2 is 1.61 bits per heavy atom. The van der Waals surface area contributed by atoms with Crippen molar-refractivity contribution in [3.05, 3.63) is 72.1 Å². The van der Waals surface area contributed by atoms with Crippen LogP contribution in [0.2, 0.25) is 0 Å². The molecule has 2 fully saturated rings. The third kappa shape index (κ3) is 5.12. The highest BCUT2D eigenvalue weighted by Crippen LogP contribution is 2.42. The van der Waals surface area contributed by atoms with Crippen LogP contribution in [0.3, 0.4) is 0 Å². The number of nitrogens with zero attached hydrogens (tertiary/aromatic N) is 2. The predicted octanol–water partition coefficient (Wildman–Crippen LogP) is 3.00. The lowest BCUT2D eigenvalue weighted by Crippen LogP contribution is -2.44. The summed E-state index contributed by atoms with van der Waals surface area (Å²) in [4.78, 5) is 28.6. The summed E-state index contributed by atoms with van der Waals surface area (Å²) in [5.74, 6) is 0.201. The molecule has 2 heterocycles. The standard InChI is InChI=1S/C25H30N3O4S/c26-24(30)33(31,32)22-10-8-21(9-11-22)19-28-18-14-25(23(28)29)12-16-27(17-13-25)15-4-7-20-5-2-1-3-6-20/h1-3,5-11H,4,12-19H2,(H2,26,30). The van der Waals surface area contributed by atoms with E-state index < -0.39 is 15.1 Å². The van der Waals surface area contributed by atoms with Crippen LogP contribution in [-0.4, -0.2) is 55.5 Å². The molecule has 2 amide bonds. The molecule has 0 bridgehead atoms. The van der Waals surface area contributed by atoms with E-state index in [4.69, 9.17) is 5.73 Å². The Balaban J connectivity index is 1.28. The Bertz CT molecular complexity index is 1090. The Hall–Kier alpha value is -2.71. The molecule has 1 spiro atoms. The zero-order valence-electron chi connectivity index (χ0n) is 18.7. The molecule has 0 unspecified atom stereocenters. The molecule has 175 valence electrons. The van der Waals surface area contributed by atoms with Gasteiger partial charge in [-0.3, -0.25) is 9.59 Å². The van der Waals surface area contributed by atoms with Gasteiger partial charge in [0.15, 0.2) is 0 Å². The Kier molecular flexibility index (Phi) is 6.86. The SMILES string of the molecule is NC(=O)S(=O)(=O)c1ccc(CN2CCC3(CCN(CC[CH]c4ccccc4)CC3)C2=O)cc1. The first-order chi connectivity index (χ1) is 15.8. The second-order valence-electron chi connectivity index (χ2n) is 8.97. The molecule has 2 aromatic rings. The second kappa shape index (κ2) is 9.65. The fourth-order valence-electron chi connectivity index (χ4n) is 4.83. The first-order valence-electron chi connectivity index (χ1n) is 11.3. The van der Waals surface area contributed by atoms with Crippen molar-refractivity contribution in [1.29, 1.82) is 0 Å². The molecule has 1 radical (unpaired) electrons. The van der Waals surface area contributed by atoms with Gasteiger partial charge < -0.3 is 15.5 Å². The number of likely N-dealkylation sites (tertiary alicyclic amines) is 2. The highest BCUT2D eigenvalue weighted by molar-refractivity contribution is 8.06. The molecule has 7 nitrogen and oxygen atoms in total. The number of carbonyl (C=O) groups is 2. The Morgan fingerprint density at radius 3 is 2.24 bits per heavy atom. The molecule has 8 heteroatoms.